The van der Waals surface area contributed by atoms with Crippen molar-refractivity contribution in [1.82, 2.24) is 4.90 Å². The number of anilines is 1. The predicted molar refractivity (Wildman–Crippen MR) is 109 cm³/mol. The molecule has 3 aliphatic rings. The van der Waals surface area contributed by atoms with Gasteiger partial charge in [0.1, 0.15) is 6.10 Å². The van der Waals surface area contributed by atoms with Crippen molar-refractivity contribution >= 4 is 11.8 Å². The van der Waals surface area contributed by atoms with Gasteiger partial charge in [-0.1, -0.05) is 26.2 Å². The van der Waals surface area contributed by atoms with Gasteiger partial charge in [0.05, 0.1) is 5.56 Å². The molecule has 0 spiro atoms. The van der Waals surface area contributed by atoms with E-state index in [1.807, 2.05) is 0 Å². The Morgan fingerprint density at radius 1 is 1.20 bits per heavy atom. The lowest BCUT2D eigenvalue weighted by atomic mass is 9.79. The molecule has 0 radical (unpaired) electrons. The number of piperidine rings is 2. The summed E-state index contributed by atoms with van der Waals surface area (Å²) < 4.78 is 43.9. The van der Waals surface area contributed by atoms with E-state index in [1.165, 1.54) is 50.7 Å². The van der Waals surface area contributed by atoms with E-state index in [-0.39, 0.29) is 6.10 Å². The Hall–Kier alpha value is -1.76. The van der Waals surface area contributed by atoms with Crippen LogP contribution < -0.4 is 5.32 Å². The summed E-state index contributed by atoms with van der Waals surface area (Å²) in [6.45, 7) is 3.38. The second-order valence-corrected chi connectivity index (χ2v) is 9.05. The lowest BCUT2D eigenvalue weighted by Crippen LogP contribution is -2.55. The first-order chi connectivity index (χ1) is 14.4. The standard InChI is InChI=1S/C23H31F3N2O2/c1-2-3-6-19-15-13-18(20-7-4-5-12-28(19)20)21(14-15)30-22(29)27-17-10-8-16(9-11-17)23(24,25)26/h8-11,15,18-21H,2-7,12-14H2,1H3,(H,27,29)/t15-,18-,19+,20-,21-/m1/s1. The van der Waals surface area contributed by atoms with Gasteiger partial charge in [0.25, 0.3) is 0 Å². The Labute approximate surface area is 176 Å². The van der Waals surface area contributed by atoms with Crippen LogP contribution in [0.15, 0.2) is 24.3 Å². The van der Waals surface area contributed by atoms with Crippen LogP contribution in [0.25, 0.3) is 0 Å². The maximum atomic E-state index is 12.7. The van der Waals surface area contributed by atoms with Gasteiger partial charge in [-0.25, -0.2) is 4.79 Å². The third-order valence-corrected chi connectivity index (χ3v) is 7.21. The van der Waals surface area contributed by atoms with Gasteiger partial charge in [0, 0.05) is 23.7 Å². The quantitative estimate of drug-likeness (QED) is 0.623. The Morgan fingerprint density at radius 3 is 2.67 bits per heavy atom. The van der Waals surface area contributed by atoms with Gasteiger partial charge >= 0.3 is 12.3 Å². The topological polar surface area (TPSA) is 41.6 Å². The molecule has 2 saturated heterocycles. The summed E-state index contributed by atoms with van der Waals surface area (Å²) in [5.74, 6) is 0.936. The fourth-order valence-electron chi connectivity index (χ4n) is 5.89. The second kappa shape index (κ2) is 8.77. The molecule has 4 rings (SSSR count). The van der Waals surface area contributed by atoms with Crippen molar-refractivity contribution in [3.63, 3.8) is 0 Å². The van der Waals surface area contributed by atoms with Crippen LogP contribution in [0, 0.1) is 11.8 Å². The molecule has 1 aromatic rings. The number of ether oxygens (including phenoxy) is 1. The SMILES string of the molecule is CCCC[C@H]1[C@@H]2C[C@H]([C@H]3CCCCN31)[C@H](OC(=O)Nc1ccc(C(F)(F)F)cc1)C2. The van der Waals surface area contributed by atoms with Gasteiger partial charge < -0.3 is 4.74 Å². The van der Waals surface area contributed by atoms with Crippen LogP contribution in [0.5, 0.6) is 0 Å². The van der Waals surface area contributed by atoms with Crippen LogP contribution in [0.4, 0.5) is 23.7 Å². The Morgan fingerprint density at radius 2 is 1.97 bits per heavy atom. The number of hydrogen-bond donors (Lipinski definition) is 1. The third-order valence-electron chi connectivity index (χ3n) is 7.21. The number of nitrogens with one attached hydrogen (secondary N) is 1. The molecule has 166 valence electrons. The summed E-state index contributed by atoms with van der Waals surface area (Å²) in [6.07, 6.45) is 4.23. The zero-order valence-corrected chi connectivity index (χ0v) is 17.5. The van der Waals surface area contributed by atoms with Crippen molar-refractivity contribution in [2.24, 2.45) is 11.8 Å². The number of halogens is 3. The zero-order valence-electron chi connectivity index (χ0n) is 17.5. The number of carbonyl (C=O) groups is 1. The molecule has 1 aromatic carbocycles. The average molecular weight is 425 g/mol. The van der Waals surface area contributed by atoms with Crippen molar-refractivity contribution in [1.29, 1.82) is 0 Å². The fourth-order valence-corrected chi connectivity index (χ4v) is 5.89. The van der Waals surface area contributed by atoms with Crippen molar-refractivity contribution in [2.45, 2.75) is 82.7 Å². The molecular weight excluding hydrogens is 393 g/mol. The normalized spacial score (nSPS) is 31.3. The van der Waals surface area contributed by atoms with Crippen LogP contribution in [-0.2, 0) is 10.9 Å². The first-order valence-electron chi connectivity index (χ1n) is 11.3. The molecule has 2 bridgehead atoms. The Balaban J connectivity index is 1.39. The molecule has 3 fully saturated rings. The minimum Gasteiger partial charge on any atom is -0.446 e. The summed E-state index contributed by atoms with van der Waals surface area (Å²) in [6, 6.07) is 5.55. The van der Waals surface area contributed by atoms with E-state index in [9.17, 15) is 18.0 Å². The van der Waals surface area contributed by atoms with Crippen LogP contribution in [0.1, 0.15) is 63.9 Å². The van der Waals surface area contributed by atoms with Crippen LogP contribution in [-0.4, -0.2) is 35.7 Å². The highest BCUT2D eigenvalue weighted by atomic mass is 19.4. The Kier molecular flexibility index (Phi) is 6.28. The van der Waals surface area contributed by atoms with Gasteiger partial charge in [-0.15, -0.1) is 0 Å². The maximum Gasteiger partial charge on any atom is 0.416 e. The summed E-state index contributed by atoms with van der Waals surface area (Å²) in [7, 11) is 0. The molecule has 30 heavy (non-hydrogen) atoms. The number of fused-ring (bicyclic) bond motifs is 4. The highest BCUT2D eigenvalue weighted by molar-refractivity contribution is 5.84. The highest BCUT2D eigenvalue weighted by Gasteiger charge is 2.52. The first-order valence-corrected chi connectivity index (χ1v) is 11.3. The number of carbonyl (C=O) groups excluding carboxylic acids is 1. The van der Waals surface area contributed by atoms with Crippen molar-refractivity contribution in [3.05, 3.63) is 29.8 Å². The van der Waals surface area contributed by atoms with E-state index in [1.54, 1.807) is 0 Å². The summed E-state index contributed by atoms with van der Waals surface area (Å²) in [5, 5.41) is 2.60. The van der Waals surface area contributed by atoms with Crippen LogP contribution >= 0.6 is 0 Å². The van der Waals surface area contributed by atoms with Gasteiger partial charge in [0.15, 0.2) is 0 Å². The third kappa shape index (κ3) is 4.46. The molecule has 4 nitrogen and oxygen atoms in total. The molecule has 1 N–H and O–H groups in total. The molecule has 0 aromatic heterocycles. The molecule has 1 saturated carbocycles. The average Bonchev–Trinajstić information content (AvgIpc) is 3.06. The van der Waals surface area contributed by atoms with E-state index in [2.05, 4.69) is 17.1 Å². The maximum absolute atomic E-state index is 12.7. The van der Waals surface area contributed by atoms with Crippen molar-refractivity contribution < 1.29 is 22.7 Å². The smallest absolute Gasteiger partial charge is 0.416 e. The molecule has 2 heterocycles. The monoisotopic (exact) mass is 424 g/mol. The lowest BCUT2D eigenvalue weighted by molar-refractivity contribution is -0.137. The molecule has 0 unspecified atom stereocenters. The number of hydrogen-bond acceptors (Lipinski definition) is 3. The van der Waals surface area contributed by atoms with E-state index in [0.717, 1.165) is 31.5 Å². The molecule has 7 heteroatoms. The van der Waals surface area contributed by atoms with Gasteiger partial charge in [-0.05, 0) is 68.8 Å². The van der Waals surface area contributed by atoms with Crippen LogP contribution in [0.2, 0.25) is 0 Å². The summed E-state index contributed by atoms with van der Waals surface area (Å²) in [4.78, 5) is 15.2. The summed E-state index contributed by atoms with van der Waals surface area (Å²) >= 11 is 0. The van der Waals surface area contributed by atoms with E-state index < -0.39 is 17.8 Å². The highest BCUT2D eigenvalue weighted by Crippen LogP contribution is 2.49. The number of unbranched alkanes of at least 4 members (excludes halogenated alkanes) is 1. The predicted octanol–water partition coefficient (Wildman–Crippen LogP) is 6.08. The minimum absolute atomic E-state index is 0.110. The largest absolute Gasteiger partial charge is 0.446 e. The van der Waals surface area contributed by atoms with Crippen molar-refractivity contribution in [2.75, 3.05) is 11.9 Å². The zero-order chi connectivity index (χ0) is 21.3. The number of benzene rings is 1. The lowest BCUT2D eigenvalue weighted by Gasteiger charge is -2.49. The molecular formula is C23H31F3N2O2. The number of alkyl halides is 3. The molecule has 2 aliphatic heterocycles. The molecule has 5 atom stereocenters. The fraction of sp³-hybridized carbons (Fsp3) is 0.696. The van der Waals surface area contributed by atoms with Gasteiger partial charge in [-0.3, -0.25) is 10.2 Å². The number of amides is 1. The molecule has 1 amide bonds. The second-order valence-electron chi connectivity index (χ2n) is 9.05. The number of nitrogens with zero attached hydrogens (tertiary/aromatic N) is 1. The first kappa shape index (κ1) is 21.5. The van der Waals surface area contributed by atoms with Gasteiger partial charge in [-0.2, -0.15) is 13.2 Å². The van der Waals surface area contributed by atoms with Crippen molar-refractivity contribution in [3.8, 4) is 0 Å². The number of rotatable bonds is 5. The van der Waals surface area contributed by atoms with E-state index >= 15 is 0 Å². The van der Waals surface area contributed by atoms with Crippen LogP contribution in [0.3, 0.4) is 0 Å². The van der Waals surface area contributed by atoms with E-state index in [0.29, 0.717) is 29.6 Å². The Bertz CT molecular complexity index is 737. The minimum atomic E-state index is -4.39. The van der Waals surface area contributed by atoms with E-state index in [4.69, 9.17) is 4.74 Å². The molecule has 1 aliphatic carbocycles. The van der Waals surface area contributed by atoms with Gasteiger partial charge in [0.2, 0.25) is 0 Å². The summed E-state index contributed by atoms with van der Waals surface area (Å²) in [5.41, 5.74) is -0.421.